The summed E-state index contributed by atoms with van der Waals surface area (Å²) in [7, 11) is 0. The zero-order valence-corrected chi connectivity index (χ0v) is 8.11. The first kappa shape index (κ1) is 10.5. The molecule has 0 spiro atoms. The predicted octanol–water partition coefficient (Wildman–Crippen LogP) is 2.11. The third-order valence-electron chi connectivity index (χ3n) is 1.31. The Balaban J connectivity index is 0.000000140. The zero-order valence-electron chi connectivity index (χ0n) is 7.35. The van der Waals surface area contributed by atoms with Crippen LogP contribution in [0, 0.1) is 0 Å². The molecule has 0 amide bonds. The number of hydrogen-bond donors (Lipinski definition) is 1. The van der Waals surface area contributed by atoms with Gasteiger partial charge in [-0.1, -0.05) is 23.7 Å². The summed E-state index contributed by atoms with van der Waals surface area (Å²) >= 11 is 5.43. The first-order chi connectivity index (χ1) is 6.79. The lowest BCUT2D eigenvalue weighted by atomic mass is 10.5. The topological polar surface area (TPSA) is 45.8 Å². The van der Waals surface area contributed by atoms with Gasteiger partial charge in [0.15, 0.2) is 0 Å². The van der Waals surface area contributed by atoms with E-state index in [1.54, 1.807) is 30.6 Å². The van der Waals surface area contributed by atoms with Crippen LogP contribution in [0.2, 0.25) is 5.15 Å². The van der Waals surface area contributed by atoms with E-state index in [4.69, 9.17) is 11.6 Å². The van der Waals surface area contributed by atoms with E-state index in [9.17, 15) is 4.79 Å². The van der Waals surface area contributed by atoms with Gasteiger partial charge in [0.2, 0.25) is 5.56 Å². The monoisotopic (exact) mass is 208 g/mol. The second-order valence-corrected chi connectivity index (χ2v) is 2.77. The number of rotatable bonds is 0. The van der Waals surface area contributed by atoms with Gasteiger partial charge >= 0.3 is 0 Å². The third-order valence-corrected chi connectivity index (χ3v) is 1.53. The van der Waals surface area contributed by atoms with Gasteiger partial charge in [-0.05, 0) is 18.2 Å². The molecule has 2 aromatic rings. The predicted molar refractivity (Wildman–Crippen MR) is 56.3 cm³/mol. The van der Waals surface area contributed by atoms with E-state index < -0.39 is 0 Å². The van der Waals surface area contributed by atoms with Crippen LogP contribution in [0.5, 0.6) is 0 Å². The van der Waals surface area contributed by atoms with Gasteiger partial charge in [-0.2, -0.15) is 0 Å². The first-order valence-corrected chi connectivity index (χ1v) is 4.37. The average molecular weight is 209 g/mol. The number of hydrogen-bond acceptors (Lipinski definition) is 2. The fourth-order valence-electron chi connectivity index (χ4n) is 0.719. The van der Waals surface area contributed by atoms with Gasteiger partial charge in [-0.25, -0.2) is 4.98 Å². The Kier molecular flexibility index (Phi) is 4.44. The Bertz CT molecular complexity index is 396. The summed E-state index contributed by atoms with van der Waals surface area (Å²) in [6, 6.07) is 10.3. The van der Waals surface area contributed by atoms with Crippen molar-refractivity contribution in [2.75, 3.05) is 0 Å². The number of pyridine rings is 2. The van der Waals surface area contributed by atoms with Crippen LogP contribution in [0.1, 0.15) is 0 Å². The van der Waals surface area contributed by atoms with Crippen molar-refractivity contribution in [2.45, 2.75) is 0 Å². The van der Waals surface area contributed by atoms with Crippen molar-refractivity contribution in [2.24, 2.45) is 0 Å². The second kappa shape index (κ2) is 5.94. The molecule has 2 aromatic heterocycles. The van der Waals surface area contributed by atoms with Gasteiger partial charge in [-0.15, -0.1) is 0 Å². The Morgan fingerprint density at radius 1 is 1.14 bits per heavy atom. The van der Waals surface area contributed by atoms with Crippen LogP contribution < -0.4 is 5.56 Å². The molecule has 2 rings (SSSR count). The molecule has 0 bridgehead atoms. The fourth-order valence-corrected chi connectivity index (χ4v) is 0.848. The Morgan fingerprint density at radius 2 is 1.93 bits per heavy atom. The number of aromatic nitrogens is 2. The molecule has 0 fully saturated rings. The van der Waals surface area contributed by atoms with E-state index in [-0.39, 0.29) is 5.56 Å². The molecule has 0 aromatic carbocycles. The van der Waals surface area contributed by atoms with Crippen LogP contribution in [0.4, 0.5) is 0 Å². The maximum atomic E-state index is 10.2. The Labute approximate surface area is 86.4 Å². The standard InChI is InChI=1S/C5H4ClN.C5H5NO/c6-5-3-1-2-4-7-5;7-5-3-1-2-4-6-5/h1-4H;1-4H,(H,6,7). The Morgan fingerprint density at radius 3 is 2.21 bits per heavy atom. The molecule has 2 heterocycles. The Hall–Kier alpha value is -1.61. The van der Waals surface area contributed by atoms with E-state index in [1.807, 2.05) is 12.1 Å². The van der Waals surface area contributed by atoms with Crippen molar-refractivity contribution < 1.29 is 0 Å². The summed E-state index contributed by atoms with van der Waals surface area (Å²) in [5.41, 5.74) is -0.0532. The van der Waals surface area contributed by atoms with Crippen LogP contribution in [0.25, 0.3) is 0 Å². The minimum atomic E-state index is -0.0532. The molecule has 1 N–H and O–H groups in total. The molecule has 0 radical (unpaired) electrons. The maximum absolute atomic E-state index is 10.2. The number of H-pyrrole nitrogens is 1. The largest absolute Gasteiger partial charge is 0.329 e. The van der Waals surface area contributed by atoms with Gasteiger partial charge in [0.1, 0.15) is 5.15 Å². The molecular weight excluding hydrogens is 200 g/mol. The highest BCUT2D eigenvalue weighted by Crippen LogP contribution is 1.98. The smallest absolute Gasteiger partial charge is 0.247 e. The highest BCUT2D eigenvalue weighted by Gasteiger charge is 1.76. The van der Waals surface area contributed by atoms with E-state index >= 15 is 0 Å². The zero-order chi connectivity index (χ0) is 10.2. The maximum Gasteiger partial charge on any atom is 0.247 e. The molecule has 0 aliphatic rings. The number of aromatic amines is 1. The molecule has 0 atom stereocenters. The molecule has 3 nitrogen and oxygen atoms in total. The lowest BCUT2D eigenvalue weighted by molar-refractivity contribution is 1.24. The van der Waals surface area contributed by atoms with Crippen LogP contribution in [0.15, 0.2) is 53.6 Å². The molecule has 0 aliphatic carbocycles. The van der Waals surface area contributed by atoms with E-state index in [2.05, 4.69) is 9.97 Å². The fraction of sp³-hybridized carbons (Fsp3) is 0. The lowest BCUT2D eigenvalue weighted by Crippen LogP contribution is -1.98. The van der Waals surface area contributed by atoms with Crippen molar-refractivity contribution in [3.63, 3.8) is 0 Å². The number of nitrogens with zero attached hydrogens (tertiary/aromatic N) is 1. The second-order valence-electron chi connectivity index (χ2n) is 2.38. The third kappa shape index (κ3) is 4.42. The van der Waals surface area contributed by atoms with Gasteiger partial charge in [-0.3, -0.25) is 4.79 Å². The first-order valence-electron chi connectivity index (χ1n) is 3.99. The average Bonchev–Trinajstić information content (AvgIpc) is 2.21. The molecule has 0 unspecified atom stereocenters. The van der Waals surface area contributed by atoms with Crippen molar-refractivity contribution in [1.82, 2.24) is 9.97 Å². The molecule has 0 aliphatic heterocycles. The van der Waals surface area contributed by atoms with Gasteiger partial charge in [0.05, 0.1) is 0 Å². The van der Waals surface area contributed by atoms with Gasteiger partial charge in [0, 0.05) is 18.5 Å². The van der Waals surface area contributed by atoms with Crippen LogP contribution >= 0.6 is 11.6 Å². The van der Waals surface area contributed by atoms with Crippen LogP contribution in [0.3, 0.4) is 0 Å². The van der Waals surface area contributed by atoms with Crippen molar-refractivity contribution in [3.8, 4) is 0 Å². The van der Waals surface area contributed by atoms with Crippen molar-refractivity contribution in [3.05, 3.63) is 64.3 Å². The van der Waals surface area contributed by atoms with Gasteiger partial charge < -0.3 is 4.98 Å². The molecular formula is C10H9ClN2O. The number of halogens is 1. The van der Waals surface area contributed by atoms with Gasteiger partial charge in [0.25, 0.3) is 0 Å². The SMILES string of the molecule is Clc1ccccn1.O=c1cccc[nH]1. The normalized spacial score (nSPS) is 8.64. The summed E-state index contributed by atoms with van der Waals surface area (Å²) < 4.78 is 0. The van der Waals surface area contributed by atoms with E-state index in [0.29, 0.717) is 5.15 Å². The minimum Gasteiger partial charge on any atom is -0.329 e. The highest BCUT2D eigenvalue weighted by atomic mass is 35.5. The lowest BCUT2D eigenvalue weighted by Gasteiger charge is -1.79. The molecule has 4 heteroatoms. The molecule has 14 heavy (non-hydrogen) atoms. The van der Waals surface area contributed by atoms with E-state index in [0.717, 1.165) is 0 Å². The summed E-state index contributed by atoms with van der Waals surface area (Å²) in [4.78, 5) is 16.4. The summed E-state index contributed by atoms with van der Waals surface area (Å²) in [6.45, 7) is 0. The molecule has 0 saturated heterocycles. The summed E-state index contributed by atoms with van der Waals surface area (Å²) in [5.74, 6) is 0. The van der Waals surface area contributed by atoms with Crippen LogP contribution in [-0.2, 0) is 0 Å². The van der Waals surface area contributed by atoms with E-state index in [1.165, 1.54) is 6.07 Å². The molecule has 72 valence electrons. The van der Waals surface area contributed by atoms with Crippen LogP contribution in [-0.4, -0.2) is 9.97 Å². The number of nitrogens with one attached hydrogen (secondary N) is 1. The highest BCUT2D eigenvalue weighted by molar-refractivity contribution is 6.29. The quantitative estimate of drug-likeness (QED) is 0.674. The summed E-state index contributed by atoms with van der Waals surface area (Å²) in [5, 5.41) is 0.544. The summed E-state index contributed by atoms with van der Waals surface area (Å²) in [6.07, 6.45) is 3.25. The molecule has 0 saturated carbocycles. The minimum absolute atomic E-state index is 0.0532. The van der Waals surface area contributed by atoms with Crippen molar-refractivity contribution >= 4 is 11.6 Å². The van der Waals surface area contributed by atoms with Crippen molar-refractivity contribution in [1.29, 1.82) is 0 Å².